The molecule has 0 radical (unpaired) electrons. The average molecular weight is 419 g/mol. The van der Waals surface area contributed by atoms with Crippen LogP contribution < -0.4 is 5.32 Å². The molecule has 29 heavy (non-hydrogen) atoms. The molecule has 1 aromatic heterocycles. The maximum atomic E-state index is 12.3. The number of carbonyl (C=O) groups excluding carboxylic acids is 1. The number of amides is 1. The van der Waals surface area contributed by atoms with E-state index in [9.17, 15) is 4.79 Å². The fourth-order valence-corrected chi connectivity index (χ4v) is 7.26. The average Bonchev–Trinajstić information content (AvgIpc) is 3.32. The molecule has 1 N–H and O–H groups in total. The van der Waals surface area contributed by atoms with Crippen molar-refractivity contribution in [3.05, 3.63) is 20.9 Å². The molecule has 1 amide bonds. The third kappa shape index (κ3) is 3.89. The molecule has 0 unspecified atom stereocenters. The minimum Gasteiger partial charge on any atom is -0.379 e. The van der Waals surface area contributed by atoms with Crippen LogP contribution in [0.15, 0.2) is 0 Å². The Balaban J connectivity index is 1.13. The van der Waals surface area contributed by atoms with E-state index in [2.05, 4.69) is 24.1 Å². The predicted molar refractivity (Wildman–Crippen MR) is 115 cm³/mol. The number of carbonyl (C=O) groups is 1. The Kier molecular flexibility index (Phi) is 5.71. The minimum atomic E-state index is 0.140. The van der Waals surface area contributed by atoms with E-state index in [1.807, 2.05) is 11.3 Å². The van der Waals surface area contributed by atoms with Gasteiger partial charge in [0.15, 0.2) is 0 Å². The van der Waals surface area contributed by atoms with Gasteiger partial charge in [0.2, 0.25) is 0 Å². The molecule has 3 aliphatic heterocycles. The molecule has 0 spiro atoms. The van der Waals surface area contributed by atoms with Crippen LogP contribution in [0.3, 0.4) is 0 Å². The fourth-order valence-electron chi connectivity index (χ4n) is 5.81. The Morgan fingerprint density at radius 3 is 2.66 bits per heavy atom. The highest BCUT2D eigenvalue weighted by atomic mass is 32.1. The van der Waals surface area contributed by atoms with E-state index in [1.54, 1.807) is 0 Å². The van der Waals surface area contributed by atoms with E-state index in [0.29, 0.717) is 18.1 Å². The molecule has 2 saturated heterocycles. The largest absolute Gasteiger partial charge is 0.379 e. The summed E-state index contributed by atoms with van der Waals surface area (Å²) >= 11 is 1.91. The van der Waals surface area contributed by atoms with E-state index < -0.39 is 0 Å². The van der Waals surface area contributed by atoms with Gasteiger partial charge in [0.25, 0.3) is 5.91 Å². The van der Waals surface area contributed by atoms with Gasteiger partial charge in [0.05, 0.1) is 24.4 Å². The standard InChI is InChI=1S/C23H34N2O3S/c1-14(22-15(2)21-20(29-22)7-9-24-23(21)26)16-3-5-17(6-4-16)25-11-19(12-25)28-18-8-10-27-13-18/h14,16-19H,3-13H2,1-2H3,(H,24,26)/t14-,16-,17-,18-/m1/s1. The summed E-state index contributed by atoms with van der Waals surface area (Å²) in [5.74, 6) is 1.45. The van der Waals surface area contributed by atoms with Gasteiger partial charge in [-0.1, -0.05) is 6.92 Å². The highest BCUT2D eigenvalue weighted by molar-refractivity contribution is 7.12. The molecule has 6 heteroatoms. The summed E-state index contributed by atoms with van der Waals surface area (Å²) in [5.41, 5.74) is 2.23. The Hall–Kier alpha value is -0.950. The molecule has 2 atom stereocenters. The quantitative estimate of drug-likeness (QED) is 0.795. The normalized spacial score (nSPS) is 31.9. The molecule has 3 fully saturated rings. The Morgan fingerprint density at radius 1 is 1.17 bits per heavy atom. The highest BCUT2D eigenvalue weighted by Crippen LogP contribution is 2.43. The van der Waals surface area contributed by atoms with E-state index in [0.717, 1.165) is 63.2 Å². The molecule has 1 aromatic rings. The van der Waals surface area contributed by atoms with Gasteiger partial charge in [-0.15, -0.1) is 11.3 Å². The lowest BCUT2D eigenvalue weighted by Crippen LogP contribution is -2.58. The monoisotopic (exact) mass is 418 g/mol. The number of thiophene rings is 1. The maximum absolute atomic E-state index is 12.3. The zero-order valence-electron chi connectivity index (χ0n) is 17.7. The molecule has 0 aromatic carbocycles. The fraction of sp³-hybridized carbons (Fsp3) is 0.783. The lowest BCUT2D eigenvalue weighted by Gasteiger charge is -2.47. The van der Waals surface area contributed by atoms with Crippen molar-refractivity contribution < 1.29 is 14.3 Å². The number of ether oxygens (including phenoxy) is 2. The highest BCUT2D eigenvalue weighted by Gasteiger charge is 2.38. The first-order valence-corrected chi connectivity index (χ1v) is 12.3. The molecule has 4 aliphatic rings. The van der Waals surface area contributed by atoms with E-state index in [-0.39, 0.29) is 5.91 Å². The van der Waals surface area contributed by atoms with E-state index in [4.69, 9.17) is 9.47 Å². The van der Waals surface area contributed by atoms with Crippen molar-refractivity contribution in [1.82, 2.24) is 10.2 Å². The molecule has 4 heterocycles. The summed E-state index contributed by atoms with van der Waals surface area (Å²) < 4.78 is 11.6. The van der Waals surface area contributed by atoms with Crippen molar-refractivity contribution in [2.45, 2.75) is 76.5 Å². The Labute approximate surface area is 178 Å². The van der Waals surface area contributed by atoms with Gasteiger partial charge in [-0.2, -0.15) is 0 Å². The topological polar surface area (TPSA) is 50.8 Å². The molecular formula is C23H34N2O3S. The van der Waals surface area contributed by atoms with Crippen LogP contribution in [0.2, 0.25) is 0 Å². The summed E-state index contributed by atoms with van der Waals surface area (Å²) in [7, 11) is 0. The minimum absolute atomic E-state index is 0.140. The molecule has 5 rings (SSSR count). The van der Waals surface area contributed by atoms with Gasteiger partial charge in [-0.05, 0) is 62.8 Å². The van der Waals surface area contributed by atoms with Gasteiger partial charge >= 0.3 is 0 Å². The second kappa shape index (κ2) is 8.29. The smallest absolute Gasteiger partial charge is 0.252 e. The van der Waals surface area contributed by atoms with Crippen LogP contribution in [-0.4, -0.2) is 61.9 Å². The van der Waals surface area contributed by atoms with Gasteiger partial charge in [-0.25, -0.2) is 0 Å². The summed E-state index contributed by atoms with van der Waals surface area (Å²) in [6, 6.07) is 0.738. The van der Waals surface area contributed by atoms with Crippen molar-refractivity contribution >= 4 is 17.2 Å². The molecular weight excluding hydrogens is 384 g/mol. The van der Waals surface area contributed by atoms with Crippen molar-refractivity contribution in [3.8, 4) is 0 Å². The van der Waals surface area contributed by atoms with Crippen LogP contribution in [-0.2, 0) is 15.9 Å². The van der Waals surface area contributed by atoms with Gasteiger partial charge in [-0.3, -0.25) is 9.69 Å². The first kappa shape index (κ1) is 20.0. The second-order valence-corrected chi connectivity index (χ2v) is 10.6. The number of nitrogens with zero attached hydrogens (tertiary/aromatic N) is 1. The first-order chi connectivity index (χ1) is 14.1. The number of likely N-dealkylation sites (tertiary alicyclic amines) is 1. The molecule has 1 aliphatic carbocycles. The number of rotatable bonds is 5. The lowest BCUT2D eigenvalue weighted by atomic mass is 9.76. The molecule has 1 saturated carbocycles. The van der Waals surface area contributed by atoms with Crippen LogP contribution in [0.1, 0.15) is 70.6 Å². The van der Waals surface area contributed by atoms with Crippen molar-refractivity contribution in [3.63, 3.8) is 0 Å². The second-order valence-electron chi connectivity index (χ2n) is 9.45. The predicted octanol–water partition coefficient (Wildman–Crippen LogP) is 3.49. The Bertz CT molecular complexity index is 744. The first-order valence-electron chi connectivity index (χ1n) is 11.5. The van der Waals surface area contributed by atoms with Crippen LogP contribution in [0.5, 0.6) is 0 Å². The number of hydrogen-bond acceptors (Lipinski definition) is 5. The van der Waals surface area contributed by atoms with Gasteiger partial charge < -0.3 is 14.8 Å². The summed E-state index contributed by atoms with van der Waals surface area (Å²) in [4.78, 5) is 17.7. The summed E-state index contributed by atoms with van der Waals surface area (Å²) in [6.45, 7) is 9.20. The maximum Gasteiger partial charge on any atom is 0.252 e. The third-order valence-electron chi connectivity index (χ3n) is 7.65. The SMILES string of the molecule is Cc1c([C@H](C)[C@H]2CC[C@H](N3CC(O[C@@H]4CCOC4)C3)CC2)sc2c1C(=O)NCC2. The molecule has 160 valence electrons. The Morgan fingerprint density at radius 2 is 1.97 bits per heavy atom. The summed E-state index contributed by atoms with van der Waals surface area (Å²) in [6.07, 6.45) is 8.03. The number of nitrogens with one attached hydrogen (secondary N) is 1. The van der Waals surface area contributed by atoms with Crippen molar-refractivity contribution in [2.24, 2.45) is 5.92 Å². The molecule has 5 nitrogen and oxygen atoms in total. The van der Waals surface area contributed by atoms with Crippen molar-refractivity contribution in [1.29, 1.82) is 0 Å². The summed E-state index contributed by atoms with van der Waals surface area (Å²) in [5, 5.41) is 3.01. The van der Waals surface area contributed by atoms with Crippen LogP contribution in [0, 0.1) is 12.8 Å². The lowest BCUT2D eigenvalue weighted by molar-refractivity contribution is -0.110. The van der Waals surface area contributed by atoms with E-state index in [1.165, 1.54) is 41.0 Å². The molecule has 0 bridgehead atoms. The zero-order valence-corrected chi connectivity index (χ0v) is 18.6. The van der Waals surface area contributed by atoms with Crippen LogP contribution in [0.25, 0.3) is 0 Å². The number of fused-ring (bicyclic) bond motifs is 1. The number of hydrogen-bond donors (Lipinski definition) is 1. The van der Waals surface area contributed by atoms with Crippen LogP contribution >= 0.6 is 11.3 Å². The van der Waals surface area contributed by atoms with Gasteiger partial charge in [0, 0.05) is 42.0 Å². The van der Waals surface area contributed by atoms with E-state index >= 15 is 0 Å². The zero-order chi connectivity index (χ0) is 20.0. The third-order valence-corrected chi connectivity index (χ3v) is 9.20. The van der Waals surface area contributed by atoms with Crippen molar-refractivity contribution in [2.75, 3.05) is 32.8 Å². The van der Waals surface area contributed by atoms with Gasteiger partial charge in [0.1, 0.15) is 0 Å². The van der Waals surface area contributed by atoms with Crippen LogP contribution in [0.4, 0.5) is 0 Å².